The molecule has 0 aliphatic carbocycles. The van der Waals surface area contributed by atoms with Crippen LogP contribution in [0.4, 0.5) is 0 Å². The molecule has 124 valence electrons. The van der Waals surface area contributed by atoms with E-state index >= 15 is 0 Å². The van der Waals surface area contributed by atoms with Crippen molar-refractivity contribution in [1.82, 2.24) is 19.7 Å². The molecular weight excluding hydrogens is 316 g/mol. The molecule has 0 radical (unpaired) electrons. The number of aryl methyl sites for hydroxylation is 1. The number of piperidine rings is 1. The van der Waals surface area contributed by atoms with E-state index in [0.717, 1.165) is 11.1 Å². The van der Waals surface area contributed by atoms with Crippen LogP contribution < -0.4 is 0 Å². The number of hydrogen-bond acceptors (Lipinski definition) is 4. The van der Waals surface area contributed by atoms with E-state index in [9.17, 15) is 13.2 Å². The number of nitrogens with zero attached hydrogens (tertiary/aromatic N) is 3. The highest BCUT2D eigenvalue weighted by Gasteiger charge is 2.31. The first-order valence-electron chi connectivity index (χ1n) is 7.50. The quantitative estimate of drug-likeness (QED) is 0.908. The van der Waals surface area contributed by atoms with Gasteiger partial charge in [0, 0.05) is 56.1 Å². The predicted octanol–water partition coefficient (Wildman–Crippen LogP) is 1.06. The standard InChI is InChI=1S/C15H20N4O3S/c1-18-9-11(6-17-18)13-7-16-8-14(13)15(20)19-5-3-4-12(10-19)23(2,21)22/h6-9,12,16H,3-5,10H2,1-2H3. The van der Waals surface area contributed by atoms with Crippen molar-refractivity contribution in [2.45, 2.75) is 18.1 Å². The summed E-state index contributed by atoms with van der Waals surface area (Å²) in [6, 6.07) is 0. The Bertz CT molecular complexity index is 821. The molecule has 1 N–H and O–H groups in total. The molecule has 1 atom stereocenters. The van der Waals surface area contributed by atoms with Gasteiger partial charge < -0.3 is 9.88 Å². The van der Waals surface area contributed by atoms with Crippen LogP contribution in [0.25, 0.3) is 11.1 Å². The summed E-state index contributed by atoms with van der Waals surface area (Å²) in [6.45, 7) is 0.845. The van der Waals surface area contributed by atoms with Crippen molar-refractivity contribution < 1.29 is 13.2 Å². The van der Waals surface area contributed by atoms with Crippen LogP contribution in [0.2, 0.25) is 0 Å². The van der Waals surface area contributed by atoms with Gasteiger partial charge in [-0.15, -0.1) is 0 Å². The molecule has 2 aromatic rings. The van der Waals surface area contributed by atoms with Crippen molar-refractivity contribution in [2.75, 3.05) is 19.3 Å². The molecule has 0 spiro atoms. The van der Waals surface area contributed by atoms with Gasteiger partial charge in [0.15, 0.2) is 9.84 Å². The fourth-order valence-corrected chi connectivity index (χ4v) is 4.03. The predicted molar refractivity (Wildman–Crippen MR) is 86.8 cm³/mol. The van der Waals surface area contributed by atoms with Crippen LogP contribution in [-0.2, 0) is 16.9 Å². The van der Waals surface area contributed by atoms with E-state index < -0.39 is 15.1 Å². The molecule has 0 aromatic carbocycles. The van der Waals surface area contributed by atoms with Gasteiger partial charge in [0.05, 0.1) is 17.0 Å². The van der Waals surface area contributed by atoms with E-state index in [1.54, 1.807) is 28.2 Å². The smallest absolute Gasteiger partial charge is 0.256 e. The minimum absolute atomic E-state index is 0.140. The Morgan fingerprint density at radius 3 is 2.83 bits per heavy atom. The number of likely N-dealkylation sites (tertiary alicyclic amines) is 1. The summed E-state index contributed by atoms with van der Waals surface area (Å²) in [5.74, 6) is -0.140. The van der Waals surface area contributed by atoms with Gasteiger partial charge in [-0.2, -0.15) is 5.10 Å². The summed E-state index contributed by atoms with van der Waals surface area (Å²) >= 11 is 0. The molecule has 3 rings (SSSR count). The first-order valence-corrected chi connectivity index (χ1v) is 9.45. The topological polar surface area (TPSA) is 88.1 Å². The molecule has 1 aliphatic heterocycles. The molecule has 1 saturated heterocycles. The number of hydrogen-bond donors (Lipinski definition) is 1. The molecule has 1 aliphatic rings. The Labute approximate surface area is 135 Å². The van der Waals surface area contributed by atoms with Gasteiger partial charge in [-0.05, 0) is 12.8 Å². The highest BCUT2D eigenvalue weighted by molar-refractivity contribution is 7.91. The number of carbonyl (C=O) groups is 1. The zero-order valence-electron chi connectivity index (χ0n) is 13.2. The number of nitrogens with one attached hydrogen (secondary N) is 1. The summed E-state index contributed by atoms with van der Waals surface area (Å²) < 4.78 is 25.2. The maximum Gasteiger partial charge on any atom is 0.256 e. The van der Waals surface area contributed by atoms with Gasteiger partial charge in [0.25, 0.3) is 5.91 Å². The molecule has 0 bridgehead atoms. The third-order valence-electron chi connectivity index (χ3n) is 4.26. The lowest BCUT2D eigenvalue weighted by Gasteiger charge is -2.31. The van der Waals surface area contributed by atoms with Crippen molar-refractivity contribution in [3.63, 3.8) is 0 Å². The molecule has 1 amide bonds. The van der Waals surface area contributed by atoms with E-state index in [-0.39, 0.29) is 12.5 Å². The minimum Gasteiger partial charge on any atom is -0.366 e. The Hall–Kier alpha value is -2.09. The van der Waals surface area contributed by atoms with Crippen molar-refractivity contribution in [3.05, 3.63) is 30.4 Å². The monoisotopic (exact) mass is 336 g/mol. The summed E-state index contributed by atoms with van der Waals surface area (Å²) in [4.78, 5) is 17.4. The second kappa shape index (κ2) is 5.84. The van der Waals surface area contributed by atoms with E-state index in [1.165, 1.54) is 6.26 Å². The second-order valence-electron chi connectivity index (χ2n) is 6.03. The molecule has 2 aromatic heterocycles. The van der Waals surface area contributed by atoms with Gasteiger partial charge in [-0.1, -0.05) is 0 Å². The van der Waals surface area contributed by atoms with Crippen LogP contribution >= 0.6 is 0 Å². The van der Waals surface area contributed by atoms with Crippen molar-refractivity contribution in [2.24, 2.45) is 7.05 Å². The third kappa shape index (κ3) is 3.17. The third-order valence-corrected chi connectivity index (χ3v) is 5.86. The van der Waals surface area contributed by atoms with E-state index in [0.29, 0.717) is 24.9 Å². The van der Waals surface area contributed by atoms with Crippen molar-refractivity contribution in [1.29, 1.82) is 0 Å². The SMILES string of the molecule is Cn1cc(-c2c[nH]cc2C(=O)N2CCCC(S(C)(=O)=O)C2)cn1. The Balaban J connectivity index is 1.85. The first kappa shape index (κ1) is 15.8. The lowest BCUT2D eigenvalue weighted by molar-refractivity contribution is 0.0728. The Kier molecular flexibility index (Phi) is 4.01. The summed E-state index contributed by atoms with van der Waals surface area (Å²) in [7, 11) is -1.32. The Morgan fingerprint density at radius 2 is 2.17 bits per heavy atom. The maximum absolute atomic E-state index is 12.8. The van der Waals surface area contributed by atoms with Crippen LogP contribution in [0.1, 0.15) is 23.2 Å². The minimum atomic E-state index is -3.14. The summed E-state index contributed by atoms with van der Waals surface area (Å²) in [6.07, 6.45) is 9.53. The number of aromatic nitrogens is 3. The zero-order chi connectivity index (χ0) is 16.6. The average Bonchev–Trinajstić information content (AvgIpc) is 3.14. The molecule has 23 heavy (non-hydrogen) atoms. The van der Waals surface area contributed by atoms with Crippen LogP contribution in [0.3, 0.4) is 0 Å². The molecule has 1 fully saturated rings. The normalized spacial score (nSPS) is 19.0. The fourth-order valence-electron chi connectivity index (χ4n) is 2.98. The number of rotatable bonds is 3. The summed E-state index contributed by atoms with van der Waals surface area (Å²) in [5, 5.41) is 3.66. The van der Waals surface area contributed by atoms with Crippen molar-refractivity contribution in [3.8, 4) is 11.1 Å². The number of aromatic amines is 1. The summed E-state index contributed by atoms with van der Waals surface area (Å²) in [5.41, 5.74) is 2.19. The van der Waals surface area contributed by atoms with Gasteiger partial charge in [0.1, 0.15) is 0 Å². The number of sulfone groups is 1. The van der Waals surface area contributed by atoms with E-state index in [2.05, 4.69) is 10.1 Å². The molecule has 7 nitrogen and oxygen atoms in total. The Morgan fingerprint density at radius 1 is 1.39 bits per heavy atom. The largest absolute Gasteiger partial charge is 0.366 e. The van der Waals surface area contributed by atoms with E-state index in [1.807, 2.05) is 13.2 Å². The van der Waals surface area contributed by atoms with Gasteiger partial charge in [-0.3, -0.25) is 9.48 Å². The highest BCUT2D eigenvalue weighted by atomic mass is 32.2. The second-order valence-corrected chi connectivity index (χ2v) is 8.36. The number of amides is 1. The molecule has 1 unspecified atom stereocenters. The number of carbonyl (C=O) groups excluding carboxylic acids is 1. The van der Waals surface area contributed by atoms with E-state index in [4.69, 9.17) is 0 Å². The van der Waals surface area contributed by atoms with Gasteiger partial charge >= 0.3 is 0 Å². The van der Waals surface area contributed by atoms with Crippen LogP contribution in [-0.4, -0.2) is 58.6 Å². The molecule has 8 heteroatoms. The average molecular weight is 336 g/mol. The van der Waals surface area contributed by atoms with Crippen molar-refractivity contribution >= 4 is 15.7 Å². The maximum atomic E-state index is 12.8. The van der Waals surface area contributed by atoms with Crippen LogP contribution in [0.5, 0.6) is 0 Å². The van der Waals surface area contributed by atoms with Crippen LogP contribution in [0.15, 0.2) is 24.8 Å². The van der Waals surface area contributed by atoms with Crippen LogP contribution in [0, 0.1) is 0 Å². The van der Waals surface area contributed by atoms with Gasteiger partial charge in [-0.25, -0.2) is 8.42 Å². The molecule has 0 saturated carbocycles. The highest BCUT2D eigenvalue weighted by Crippen LogP contribution is 2.26. The fraction of sp³-hybridized carbons (Fsp3) is 0.467. The molecular formula is C15H20N4O3S. The molecule has 3 heterocycles. The zero-order valence-corrected chi connectivity index (χ0v) is 14.0. The van der Waals surface area contributed by atoms with Gasteiger partial charge in [0.2, 0.25) is 0 Å². The lowest BCUT2D eigenvalue weighted by atomic mass is 10.1. The number of H-pyrrole nitrogens is 1. The lowest BCUT2D eigenvalue weighted by Crippen LogP contribution is -2.45. The first-order chi connectivity index (χ1) is 10.9.